The molecule has 0 saturated carbocycles. The lowest BCUT2D eigenvalue weighted by molar-refractivity contribution is 0.282. The lowest BCUT2D eigenvalue weighted by Crippen LogP contribution is -2.09. The molecule has 120 valence electrons. The Morgan fingerprint density at radius 1 is 1.12 bits per heavy atom. The van der Waals surface area contributed by atoms with Crippen LogP contribution < -0.4 is 10.2 Å². The largest absolute Gasteiger partial charge is 0.486 e. The maximum atomic E-state index is 12.5. The summed E-state index contributed by atoms with van der Waals surface area (Å²) in [6, 6.07) is 14.9. The fraction of sp³-hybridized carbons (Fsp3) is 0.190. The molecular formula is C21H18O3. The lowest BCUT2D eigenvalue weighted by Gasteiger charge is -2.06. The van der Waals surface area contributed by atoms with Crippen molar-refractivity contribution in [2.45, 2.75) is 26.4 Å². The second-order valence-electron chi connectivity index (χ2n) is 6.36. The van der Waals surface area contributed by atoms with Crippen molar-refractivity contribution in [3.63, 3.8) is 0 Å². The fourth-order valence-corrected chi connectivity index (χ4v) is 3.18. The molecule has 0 saturated heterocycles. The topological polar surface area (TPSA) is 39.4 Å². The summed E-state index contributed by atoms with van der Waals surface area (Å²) < 4.78 is 12.1. The molecule has 4 rings (SSSR count). The van der Waals surface area contributed by atoms with Crippen LogP contribution in [0.4, 0.5) is 0 Å². The van der Waals surface area contributed by atoms with Crippen molar-refractivity contribution >= 4 is 11.0 Å². The third kappa shape index (κ3) is 2.52. The highest BCUT2D eigenvalue weighted by molar-refractivity contribution is 5.84. The van der Waals surface area contributed by atoms with Crippen molar-refractivity contribution in [3.05, 3.63) is 76.0 Å². The summed E-state index contributed by atoms with van der Waals surface area (Å²) in [5, 5.41) is 0.606. The van der Waals surface area contributed by atoms with Crippen LogP contribution in [0.5, 0.6) is 5.75 Å². The van der Waals surface area contributed by atoms with Crippen LogP contribution in [0.15, 0.2) is 69.4 Å². The molecule has 0 amide bonds. The van der Waals surface area contributed by atoms with Gasteiger partial charge in [-0.15, -0.1) is 0 Å². The van der Waals surface area contributed by atoms with Gasteiger partial charge in [0.25, 0.3) is 0 Å². The van der Waals surface area contributed by atoms with E-state index in [1.54, 1.807) is 12.1 Å². The first-order chi connectivity index (χ1) is 11.6. The Bertz CT molecular complexity index is 993. The molecule has 1 aromatic heterocycles. The standard InChI is InChI=1S/C21H18O3/c1-13(2)10-15-11-17-19(23-15)9-8-16-18(22)12-20(24-21(16)17)14-6-4-3-5-7-14/h3-10,12,15H,11H2,1-2H3. The molecule has 0 spiro atoms. The van der Waals surface area contributed by atoms with E-state index in [4.69, 9.17) is 9.15 Å². The molecule has 3 aromatic rings. The Morgan fingerprint density at radius 3 is 2.67 bits per heavy atom. The second-order valence-corrected chi connectivity index (χ2v) is 6.36. The van der Waals surface area contributed by atoms with Crippen LogP contribution in [0.1, 0.15) is 19.4 Å². The summed E-state index contributed by atoms with van der Waals surface area (Å²) in [5.74, 6) is 1.39. The molecular weight excluding hydrogens is 300 g/mol. The molecule has 1 unspecified atom stereocenters. The van der Waals surface area contributed by atoms with E-state index >= 15 is 0 Å². The summed E-state index contributed by atoms with van der Waals surface area (Å²) in [4.78, 5) is 12.5. The van der Waals surface area contributed by atoms with Gasteiger partial charge in [-0.3, -0.25) is 4.79 Å². The highest BCUT2D eigenvalue weighted by Crippen LogP contribution is 2.36. The van der Waals surface area contributed by atoms with Crippen LogP contribution >= 0.6 is 0 Å². The van der Waals surface area contributed by atoms with E-state index < -0.39 is 0 Å². The molecule has 1 aliphatic heterocycles. The van der Waals surface area contributed by atoms with Gasteiger partial charge in [0.05, 0.1) is 5.39 Å². The van der Waals surface area contributed by atoms with Crippen LogP contribution in [-0.4, -0.2) is 6.10 Å². The molecule has 1 atom stereocenters. The predicted molar refractivity (Wildman–Crippen MR) is 95.5 cm³/mol. The molecule has 1 aliphatic rings. The average Bonchev–Trinajstić information content (AvgIpc) is 2.97. The van der Waals surface area contributed by atoms with Crippen molar-refractivity contribution in [1.29, 1.82) is 0 Å². The molecule has 0 N–H and O–H groups in total. The van der Waals surface area contributed by atoms with Crippen LogP contribution in [0.25, 0.3) is 22.3 Å². The summed E-state index contributed by atoms with van der Waals surface area (Å²) in [6.45, 7) is 4.11. The number of ether oxygens (including phenoxy) is 1. The first-order valence-electron chi connectivity index (χ1n) is 8.08. The predicted octanol–water partition coefficient (Wildman–Crippen LogP) is 4.73. The zero-order valence-corrected chi connectivity index (χ0v) is 13.7. The molecule has 0 bridgehead atoms. The van der Waals surface area contributed by atoms with Gasteiger partial charge in [-0.2, -0.15) is 0 Å². The molecule has 0 aliphatic carbocycles. The van der Waals surface area contributed by atoms with E-state index in [9.17, 15) is 4.79 Å². The minimum absolute atomic E-state index is 0.00119. The van der Waals surface area contributed by atoms with Crippen molar-refractivity contribution in [3.8, 4) is 17.1 Å². The van der Waals surface area contributed by atoms with Gasteiger partial charge < -0.3 is 9.15 Å². The average molecular weight is 318 g/mol. The number of fused-ring (bicyclic) bond motifs is 3. The molecule has 0 radical (unpaired) electrons. The fourth-order valence-electron chi connectivity index (χ4n) is 3.18. The molecule has 24 heavy (non-hydrogen) atoms. The maximum Gasteiger partial charge on any atom is 0.193 e. The summed E-state index contributed by atoms with van der Waals surface area (Å²) in [7, 11) is 0. The van der Waals surface area contributed by atoms with E-state index in [1.165, 1.54) is 5.57 Å². The monoisotopic (exact) mass is 318 g/mol. The SMILES string of the molecule is CC(C)=CC1Cc2c(ccc3c(=O)cc(-c4ccccc4)oc23)O1. The Balaban J connectivity index is 1.89. The summed E-state index contributed by atoms with van der Waals surface area (Å²) in [6.07, 6.45) is 2.82. The van der Waals surface area contributed by atoms with Gasteiger partial charge in [0.15, 0.2) is 5.43 Å². The van der Waals surface area contributed by atoms with Crippen molar-refractivity contribution in [2.24, 2.45) is 0 Å². The Hall–Kier alpha value is -2.81. The molecule has 3 heteroatoms. The quantitative estimate of drug-likeness (QED) is 0.641. The van der Waals surface area contributed by atoms with Gasteiger partial charge in [0, 0.05) is 23.6 Å². The minimum Gasteiger partial charge on any atom is -0.486 e. The Morgan fingerprint density at radius 2 is 1.92 bits per heavy atom. The Labute approximate surface area is 140 Å². The van der Waals surface area contributed by atoms with Crippen molar-refractivity contribution in [1.82, 2.24) is 0 Å². The van der Waals surface area contributed by atoms with Crippen LogP contribution in [0.3, 0.4) is 0 Å². The van der Waals surface area contributed by atoms with Crippen LogP contribution in [-0.2, 0) is 6.42 Å². The molecule has 2 aromatic carbocycles. The third-order valence-electron chi connectivity index (χ3n) is 4.22. The molecule has 0 fully saturated rings. The van der Waals surface area contributed by atoms with Gasteiger partial charge in [0.2, 0.25) is 0 Å². The second kappa shape index (κ2) is 5.68. The summed E-state index contributed by atoms with van der Waals surface area (Å²) in [5.41, 5.74) is 3.70. The van der Waals surface area contributed by atoms with E-state index in [2.05, 4.69) is 19.9 Å². The first kappa shape index (κ1) is 14.8. The number of allylic oxidation sites excluding steroid dienone is 1. The van der Waals surface area contributed by atoms with Crippen molar-refractivity contribution in [2.75, 3.05) is 0 Å². The number of rotatable bonds is 2. The zero-order chi connectivity index (χ0) is 16.7. The number of hydrogen-bond acceptors (Lipinski definition) is 3. The first-order valence-corrected chi connectivity index (χ1v) is 8.08. The highest BCUT2D eigenvalue weighted by atomic mass is 16.5. The van der Waals surface area contributed by atoms with E-state index in [1.807, 2.05) is 36.4 Å². The number of benzene rings is 2. The van der Waals surface area contributed by atoms with E-state index in [0.717, 1.165) is 23.3 Å². The van der Waals surface area contributed by atoms with Crippen LogP contribution in [0, 0.1) is 0 Å². The van der Waals surface area contributed by atoms with Gasteiger partial charge in [-0.25, -0.2) is 0 Å². The molecule has 2 heterocycles. The third-order valence-corrected chi connectivity index (χ3v) is 4.22. The van der Waals surface area contributed by atoms with Gasteiger partial charge in [-0.05, 0) is 32.1 Å². The lowest BCUT2D eigenvalue weighted by atomic mass is 10.0. The maximum absolute atomic E-state index is 12.5. The highest BCUT2D eigenvalue weighted by Gasteiger charge is 2.25. The minimum atomic E-state index is -0.0245. The summed E-state index contributed by atoms with van der Waals surface area (Å²) >= 11 is 0. The smallest absolute Gasteiger partial charge is 0.193 e. The Kier molecular flexibility index (Phi) is 3.49. The van der Waals surface area contributed by atoms with E-state index in [-0.39, 0.29) is 11.5 Å². The van der Waals surface area contributed by atoms with Crippen LogP contribution in [0.2, 0.25) is 0 Å². The normalized spacial score (nSPS) is 15.8. The number of hydrogen-bond donors (Lipinski definition) is 0. The van der Waals surface area contributed by atoms with Gasteiger partial charge in [-0.1, -0.05) is 35.9 Å². The zero-order valence-electron chi connectivity index (χ0n) is 13.7. The van der Waals surface area contributed by atoms with Gasteiger partial charge >= 0.3 is 0 Å². The van der Waals surface area contributed by atoms with E-state index in [0.29, 0.717) is 16.7 Å². The van der Waals surface area contributed by atoms with Gasteiger partial charge in [0.1, 0.15) is 23.2 Å². The molecule has 3 nitrogen and oxygen atoms in total. The van der Waals surface area contributed by atoms with Crippen molar-refractivity contribution < 1.29 is 9.15 Å².